The van der Waals surface area contributed by atoms with Gasteiger partial charge in [-0.25, -0.2) is 9.59 Å². The largest absolute Gasteiger partial charge is 0.465 e. The van der Waals surface area contributed by atoms with Crippen molar-refractivity contribution in [2.24, 2.45) is 0 Å². The Kier molecular flexibility index (Phi) is 4.47. The molecular formula is C14H12O5S. The number of carbonyl (C=O) groups is 2. The molecule has 0 fully saturated rings. The van der Waals surface area contributed by atoms with Crippen molar-refractivity contribution < 1.29 is 23.5 Å². The van der Waals surface area contributed by atoms with E-state index in [1.165, 1.54) is 26.0 Å². The summed E-state index contributed by atoms with van der Waals surface area (Å²) in [5.74, 6) is -0.744. The molecule has 0 N–H and O–H groups in total. The summed E-state index contributed by atoms with van der Waals surface area (Å²) in [4.78, 5) is 23.4. The van der Waals surface area contributed by atoms with Crippen molar-refractivity contribution in [1.29, 1.82) is 0 Å². The highest BCUT2D eigenvalue weighted by atomic mass is 32.2. The fourth-order valence-corrected chi connectivity index (χ4v) is 2.25. The van der Waals surface area contributed by atoms with Crippen molar-refractivity contribution >= 4 is 23.7 Å². The molecule has 2 aromatic rings. The minimum absolute atomic E-state index is 0.154. The van der Waals surface area contributed by atoms with Crippen LogP contribution in [0.15, 0.2) is 50.8 Å². The fourth-order valence-electron chi connectivity index (χ4n) is 1.48. The van der Waals surface area contributed by atoms with Crippen LogP contribution in [-0.2, 0) is 9.47 Å². The fraction of sp³-hybridized carbons (Fsp3) is 0.143. The Bertz CT molecular complexity index is 615. The minimum atomic E-state index is -0.516. The molecule has 5 nitrogen and oxygen atoms in total. The van der Waals surface area contributed by atoms with E-state index < -0.39 is 5.97 Å². The van der Waals surface area contributed by atoms with Gasteiger partial charge < -0.3 is 13.9 Å². The Morgan fingerprint density at radius 2 is 1.60 bits per heavy atom. The van der Waals surface area contributed by atoms with Crippen molar-refractivity contribution in [3.63, 3.8) is 0 Å². The van der Waals surface area contributed by atoms with E-state index in [0.29, 0.717) is 10.7 Å². The SMILES string of the molecule is COC(=O)c1ccc(Sc2ccc(C(=O)OC)o2)cc1. The monoisotopic (exact) mass is 292 g/mol. The molecule has 0 aliphatic carbocycles. The van der Waals surface area contributed by atoms with Crippen LogP contribution in [-0.4, -0.2) is 26.2 Å². The molecular weight excluding hydrogens is 280 g/mol. The van der Waals surface area contributed by atoms with Gasteiger partial charge in [-0.1, -0.05) is 11.8 Å². The van der Waals surface area contributed by atoms with Crippen LogP contribution < -0.4 is 0 Å². The quantitative estimate of drug-likeness (QED) is 0.807. The third-order valence-electron chi connectivity index (χ3n) is 2.46. The molecule has 2 rings (SSSR count). The smallest absolute Gasteiger partial charge is 0.374 e. The van der Waals surface area contributed by atoms with E-state index in [9.17, 15) is 9.59 Å². The van der Waals surface area contributed by atoms with Crippen LogP contribution in [0.4, 0.5) is 0 Å². The Balaban J connectivity index is 2.08. The minimum Gasteiger partial charge on any atom is -0.465 e. The lowest BCUT2D eigenvalue weighted by Gasteiger charge is -2.01. The van der Waals surface area contributed by atoms with Crippen molar-refractivity contribution in [3.8, 4) is 0 Å². The van der Waals surface area contributed by atoms with Crippen LogP contribution in [0, 0.1) is 0 Å². The standard InChI is InChI=1S/C14H12O5S/c1-17-13(15)9-3-5-10(6-4-9)20-12-8-7-11(19-12)14(16)18-2/h3-8H,1-2H3. The summed E-state index contributed by atoms with van der Waals surface area (Å²) in [5, 5.41) is 0.566. The second-order valence-corrected chi connectivity index (χ2v) is 4.81. The highest BCUT2D eigenvalue weighted by Gasteiger charge is 2.12. The molecule has 0 aliphatic rings. The zero-order chi connectivity index (χ0) is 14.5. The summed E-state index contributed by atoms with van der Waals surface area (Å²) in [7, 11) is 2.63. The van der Waals surface area contributed by atoms with Crippen molar-refractivity contribution in [2.75, 3.05) is 14.2 Å². The first kappa shape index (κ1) is 14.2. The molecule has 1 aromatic carbocycles. The lowest BCUT2D eigenvalue weighted by molar-refractivity contribution is 0.0557. The molecule has 0 atom stereocenters. The van der Waals surface area contributed by atoms with Gasteiger partial charge >= 0.3 is 11.9 Å². The Labute approximate surface area is 119 Å². The second kappa shape index (κ2) is 6.29. The lowest BCUT2D eigenvalue weighted by atomic mass is 10.2. The van der Waals surface area contributed by atoms with Gasteiger partial charge in [0.1, 0.15) is 0 Å². The van der Waals surface area contributed by atoms with Crippen molar-refractivity contribution in [2.45, 2.75) is 9.99 Å². The van der Waals surface area contributed by atoms with Gasteiger partial charge in [-0.2, -0.15) is 0 Å². The highest BCUT2D eigenvalue weighted by Crippen LogP contribution is 2.29. The maximum absolute atomic E-state index is 11.3. The number of methoxy groups -OCH3 is 2. The van der Waals surface area contributed by atoms with Gasteiger partial charge in [0.25, 0.3) is 0 Å². The van der Waals surface area contributed by atoms with Gasteiger partial charge in [0.2, 0.25) is 5.76 Å². The van der Waals surface area contributed by atoms with Crippen LogP contribution in [0.5, 0.6) is 0 Å². The van der Waals surface area contributed by atoms with Crippen LogP contribution in [0.3, 0.4) is 0 Å². The molecule has 0 unspecified atom stereocenters. The second-order valence-electron chi connectivity index (χ2n) is 3.73. The van der Waals surface area contributed by atoms with Crippen LogP contribution in [0.1, 0.15) is 20.9 Å². The van der Waals surface area contributed by atoms with E-state index in [1.54, 1.807) is 36.4 Å². The van der Waals surface area contributed by atoms with Gasteiger partial charge in [0.05, 0.1) is 19.8 Å². The molecule has 104 valence electrons. The molecule has 6 heteroatoms. The summed E-state index contributed by atoms with van der Waals surface area (Å²) < 4.78 is 14.5. The predicted octanol–water partition coefficient (Wildman–Crippen LogP) is 3.00. The molecule has 0 radical (unpaired) electrons. The molecule has 0 amide bonds. The zero-order valence-corrected chi connectivity index (χ0v) is 11.7. The van der Waals surface area contributed by atoms with E-state index in [1.807, 2.05) is 0 Å². The number of benzene rings is 1. The van der Waals surface area contributed by atoms with Crippen LogP contribution in [0.2, 0.25) is 0 Å². The third kappa shape index (κ3) is 3.21. The molecule has 1 heterocycles. The maximum atomic E-state index is 11.3. The highest BCUT2D eigenvalue weighted by molar-refractivity contribution is 7.99. The molecule has 0 bridgehead atoms. The van der Waals surface area contributed by atoms with Crippen molar-refractivity contribution in [1.82, 2.24) is 0 Å². The first-order chi connectivity index (χ1) is 9.63. The average Bonchev–Trinajstić information content (AvgIpc) is 2.95. The number of furan rings is 1. The Morgan fingerprint density at radius 3 is 2.20 bits per heavy atom. The Morgan fingerprint density at radius 1 is 0.950 bits per heavy atom. The van der Waals surface area contributed by atoms with Crippen LogP contribution in [0.25, 0.3) is 0 Å². The van der Waals surface area contributed by atoms with Gasteiger partial charge in [-0.05, 0) is 36.4 Å². The molecule has 0 spiro atoms. The number of rotatable bonds is 4. The summed E-state index contributed by atoms with van der Waals surface area (Å²) >= 11 is 1.34. The van der Waals surface area contributed by atoms with E-state index in [2.05, 4.69) is 9.47 Å². The van der Waals surface area contributed by atoms with Gasteiger partial charge in [-0.3, -0.25) is 0 Å². The summed E-state index contributed by atoms with van der Waals surface area (Å²) in [5.41, 5.74) is 0.478. The van der Waals surface area contributed by atoms with Gasteiger partial charge in [-0.15, -0.1) is 0 Å². The maximum Gasteiger partial charge on any atom is 0.374 e. The summed E-state index contributed by atoms with van der Waals surface area (Å²) in [6, 6.07) is 10.1. The molecule has 0 saturated carbocycles. The normalized spacial score (nSPS) is 10.1. The first-order valence-electron chi connectivity index (χ1n) is 5.68. The molecule has 20 heavy (non-hydrogen) atoms. The summed E-state index contributed by atoms with van der Waals surface area (Å²) in [6.07, 6.45) is 0. The number of hydrogen-bond donors (Lipinski definition) is 0. The number of ether oxygens (including phenoxy) is 2. The molecule has 0 aliphatic heterocycles. The van der Waals surface area contributed by atoms with E-state index in [-0.39, 0.29) is 11.7 Å². The van der Waals surface area contributed by atoms with E-state index >= 15 is 0 Å². The number of hydrogen-bond acceptors (Lipinski definition) is 6. The number of esters is 2. The van der Waals surface area contributed by atoms with Crippen molar-refractivity contribution in [3.05, 3.63) is 47.7 Å². The first-order valence-corrected chi connectivity index (χ1v) is 6.50. The molecule has 0 saturated heterocycles. The Hall–Kier alpha value is -2.21. The zero-order valence-electron chi connectivity index (χ0n) is 10.9. The van der Waals surface area contributed by atoms with Gasteiger partial charge in [0, 0.05) is 4.90 Å². The average molecular weight is 292 g/mol. The lowest BCUT2D eigenvalue weighted by Crippen LogP contribution is -2.00. The predicted molar refractivity (Wildman–Crippen MR) is 72.0 cm³/mol. The van der Waals surface area contributed by atoms with Crippen LogP contribution >= 0.6 is 11.8 Å². The number of carbonyl (C=O) groups excluding carboxylic acids is 2. The third-order valence-corrected chi connectivity index (χ3v) is 3.39. The topological polar surface area (TPSA) is 65.7 Å². The van der Waals surface area contributed by atoms with E-state index in [0.717, 1.165) is 4.90 Å². The summed E-state index contributed by atoms with van der Waals surface area (Å²) in [6.45, 7) is 0. The van der Waals surface area contributed by atoms with Gasteiger partial charge in [0.15, 0.2) is 5.09 Å². The van der Waals surface area contributed by atoms with E-state index in [4.69, 9.17) is 4.42 Å². The molecule has 1 aromatic heterocycles.